The minimum atomic E-state index is -0.444. The lowest BCUT2D eigenvalue weighted by Gasteiger charge is -2.34. The van der Waals surface area contributed by atoms with Gasteiger partial charge in [-0.3, -0.25) is 0 Å². The van der Waals surface area contributed by atoms with Gasteiger partial charge >= 0.3 is 0 Å². The quantitative estimate of drug-likeness (QED) is 0.899. The van der Waals surface area contributed by atoms with Crippen LogP contribution >= 0.6 is 0 Å². The van der Waals surface area contributed by atoms with Gasteiger partial charge < -0.3 is 15.2 Å². The van der Waals surface area contributed by atoms with Crippen LogP contribution in [-0.4, -0.2) is 20.3 Å². The van der Waals surface area contributed by atoms with Crippen molar-refractivity contribution in [2.45, 2.75) is 32.9 Å². The molecule has 2 N–H and O–H groups in total. The van der Waals surface area contributed by atoms with Crippen molar-refractivity contribution in [2.24, 2.45) is 11.1 Å². The number of rotatable bonds is 4. The third-order valence-electron chi connectivity index (χ3n) is 2.98. The molecule has 0 aromatic heterocycles. The molecular weight excluding hydrogens is 233 g/mol. The van der Waals surface area contributed by atoms with Crippen molar-refractivity contribution in [3.8, 4) is 5.75 Å². The lowest BCUT2D eigenvalue weighted by molar-refractivity contribution is -0.00294. The molecule has 4 heteroatoms. The number of hydrogen-bond donors (Lipinski definition) is 1. The van der Waals surface area contributed by atoms with Crippen molar-refractivity contribution in [2.75, 3.05) is 14.2 Å². The monoisotopic (exact) mass is 255 g/mol. The average molecular weight is 255 g/mol. The van der Waals surface area contributed by atoms with Crippen molar-refractivity contribution in [1.82, 2.24) is 0 Å². The molecule has 0 fully saturated rings. The highest BCUT2D eigenvalue weighted by Gasteiger charge is 2.32. The summed E-state index contributed by atoms with van der Waals surface area (Å²) in [5.74, 6) is 0.250. The molecular formula is C14H22FNO2. The lowest BCUT2D eigenvalue weighted by Crippen LogP contribution is -2.38. The molecule has 102 valence electrons. The van der Waals surface area contributed by atoms with E-state index < -0.39 is 6.04 Å². The average Bonchev–Trinajstić information content (AvgIpc) is 2.27. The zero-order valence-electron chi connectivity index (χ0n) is 11.7. The summed E-state index contributed by atoms with van der Waals surface area (Å²) < 4.78 is 24.0. The second-order valence-electron chi connectivity index (χ2n) is 5.43. The van der Waals surface area contributed by atoms with E-state index in [-0.39, 0.29) is 17.3 Å². The van der Waals surface area contributed by atoms with E-state index in [0.717, 1.165) is 0 Å². The summed E-state index contributed by atoms with van der Waals surface area (Å²) in [6, 6.07) is 3.90. The van der Waals surface area contributed by atoms with E-state index in [4.69, 9.17) is 15.2 Å². The van der Waals surface area contributed by atoms with E-state index in [1.807, 2.05) is 20.8 Å². The molecule has 0 bridgehead atoms. The Morgan fingerprint density at radius 3 is 2.28 bits per heavy atom. The maximum absolute atomic E-state index is 13.4. The summed E-state index contributed by atoms with van der Waals surface area (Å²) in [5.41, 5.74) is 6.69. The van der Waals surface area contributed by atoms with Crippen LogP contribution in [0.1, 0.15) is 32.4 Å². The molecule has 18 heavy (non-hydrogen) atoms. The molecule has 2 unspecified atom stereocenters. The Balaban J connectivity index is 3.16. The molecule has 3 nitrogen and oxygen atoms in total. The Morgan fingerprint density at radius 2 is 1.83 bits per heavy atom. The fourth-order valence-electron chi connectivity index (χ4n) is 2.17. The summed E-state index contributed by atoms with van der Waals surface area (Å²) in [7, 11) is 3.16. The lowest BCUT2D eigenvalue weighted by atomic mass is 9.82. The fourth-order valence-corrected chi connectivity index (χ4v) is 2.17. The van der Waals surface area contributed by atoms with Gasteiger partial charge in [-0.25, -0.2) is 4.39 Å². The van der Waals surface area contributed by atoms with Crippen LogP contribution < -0.4 is 10.5 Å². The van der Waals surface area contributed by atoms with Gasteiger partial charge in [-0.2, -0.15) is 0 Å². The van der Waals surface area contributed by atoms with Crippen LogP contribution in [0.4, 0.5) is 4.39 Å². The first kappa shape index (κ1) is 14.9. The Kier molecular flexibility index (Phi) is 4.71. The highest BCUT2D eigenvalue weighted by atomic mass is 19.1. The minimum absolute atomic E-state index is 0.147. The molecule has 0 saturated heterocycles. The Bertz CT molecular complexity index is 401. The van der Waals surface area contributed by atoms with Crippen LogP contribution in [0.25, 0.3) is 0 Å². The van der Waals surface area contributed by atoms with Gasteiger partial charge in [0.15, 0.2) is 0 Å². The number of nitrogens with two attached hydrogens (primary N) is 1. The SMILES string of the molecule is COc1ccc(F)cc1C(N)C(OC)C(C)(C)C. The van der Waals surface area contributed by atoms with E-state index >= 15 is 0 Å². The van der Waals surface area contributed by atoms with Gasteiger partial charge in [0, 0.05) is 12.7 Å². The van der Waals surface area contributed by atoms with Gasteiger partial charge in [0.1, 0.15) is 11.6 Å². The number of hydrogen-bond acceptors (Lipinski definition) is 3. The predicted octanol–water partition coefficient (Wildman–Crippen LogP) is 2.90. The first-order valence-electron chi connectivity index (χ1n) is 5.93. The van der Waals surface area contributed by atoms with Crippen molar-refractivity contribution >= 4 is 0 Å². The number of benzene rings is 1. The second-order valence-corrected chi connectivity index (χ2v) is 5.43. The molecule has 0 spiro atoms. The highest BCUT2D eigenvalue weighted by Crippen LogP contribution is 2.35. The Morgan fingerprint density at radius 1 is 1.22 bits per heavy atom. The maximum Gasteiger partial charge on any atom is 0.123 e. The van der Waals surface area contributed by atoms with Crippen LogP contribution in [0.5, 0.6) is 5.75 Å². The van der Waals surface area contributed by atoms with Crippen LogP contribution in [0.15, 0.2) is 18.2 Å². The van der Waals surface area contributed by atoms with Crippen molar-refractivity contribution in [3.05, 3.63) is 29.6 Å². The fraction of sp³-hybridized carbons (Fsp3) is 0.571. The Labute approximate surface area is 108 Å². The third-order valence-corrected chi connectivity index (χ3v) is 2.98. The molecule has 2 atom stereocenters. The normalized spacial score (nSPS) is 15.3. The maximum atomic E-state index is 13.4. The van der Waals surface area contributed by atoms with Gasteiger partial charge in [0.05, 0.1) is 19.3 Å². The molecule has 1 aromatic rings. The van der Waals surface area contributed by atoms with Gasteiger partial charge in [0.25, 0.3) is 0 Å². The van der Waals surface area contributed by atoms with Gasteiger partial charge in [-0.05, 0) is 23.6 Å². The number of ether oxygens (including phenoxy) is 2. The summed E-state index contributed by atoms with van der Waals surface area (Å²) in [6.45, 7) is 6.10. The zero-order valence-corrected chi connectivity index (χ0v) is 11.7. The Hall–Kier alpha value is -1.13. The van der Waals surface area contributed by atoms with Crippen LogP contribution in [-0.2, 0) is 4.74 Å². The first-order valence-corrected chi connectivity index (χ1v) is 5.93. The number of halogens is 1. The van der Waals surface area contributed by atoms with E-state index in [1.54, 1.807) is 20.3 Å². The standard InChI is InChI=1S/C14H22FNO2/c1-14(2,3)13(18-5)12(16)10-8-9(15)6-7-11(10)17-4/h6-8,12-13H,16H2,1-5H3. The molecule has 0 heterocycles. The summed E-state index contributed by atoms with van der Waals surface area (Å²) in [4.78, 5) is 0. The molecule has 0 aliphatic heterocycles. The largest absolute Gasteiger partial charge is 0.496 e. The zero-order chi connectivity index (χ0) is 13.9. The summed E-state index contributed by atoms with van der Waals surface area (Å²) in [6.07, 6.45) is -0.229. The second kappa shape index (κ2) is 5.67. The van der Waals surface area contributed by atoms with Crippen LogP contribution in [0.3, 0.4) is 0 Å². The van der Waals surface area contributed by atoms with Gasteiger partial charge in [-0.1, -0.05) is 20.8 Å². The molecule has 0 aliphatic rings. The van der Waals surface area contributed by atoms with Crippen LogP contribution in [0.2, 0.25) is 0 Å². The van der Waals surface area contributed by atoms with E-state index in [2.05, 4.69) is 0 Å². The predicted molar refractivity (Wildman–Crippen MR) is 70.1 cm³/mol. The molecule has 1 rings (SSSR count). The topological polar surface area (TPSA) is 44.5 Å². The smallest absolute Gasteiger partial charge is 0.123 e. The van der Waals surface area contributed by atoms with Crippen molar-refractivity contribution in [3.63, 3.8) is 0 Å². The summed E-state index contributed by atoms with van der Waals surface area (Å²) >= 11 is 0. The molecule has 0 saturated carbocycles. The number of methoxy groups -OCH3 is 2. The minimum Gasteiger partial charge on any atom is -0.496 e. The first-order chi connectivity index (χ1) is 8.31. The van der Waals surface area contributed by atoms with Gasteiger partial charge in [0.2, 0.25) is 0 Å². The van der Waals surface area contributed by atoms with Crippen molar-refractivity contribution < 1.29 is 13.9 Å². The molecule has 1 aromatic carbocycles. The van der Waals surface area contributed by atoms with E-state index in [9.17, 15) is 4.39 Å². The van der Waals surface area contributed by atoms with E-state index in [1.165, 1.54) is 12.1 Å². The highest BCUT2D eigenvalue weighted by molar-refractivity contribution is 5.37. The third kappa shape index (κ3) is 3.21. The molecule has 0 radical (unpaired) electrons. The van der Waals surface area contributed by atoms with E-state index in [0.29, 0.717) is 11.3 Å². The van der Waals surface area contributed by atoms with Gasteiger partial charge in [-0.15, -0.1) is 0 Å². The van der Waals surface area contributed by atoms with Crippen LogP contribution in [0, 0.1) is 11.2 Å². The summed E-state index contributed by atoms with van der Waals surface area (Å²) in [5, 5.41) is 0. The molecule has 0 aliphatic carbocycles. The van der Waals surface area contributed by atoms with Crippen molar-refractivity contribution in [1.29, 1.82) is 0 Å². The molecule has 0 amide bonds.